The molecule has 3 nitrogen and oxygen atoms in total. The minimum atomic E-state index is -0.179. The van der Waals surface area contributed by atoms with Crippen LogP contribution in [0, 0.1) is 34.5 Å². The summed E-state index contributed by atoms with van der Waals surface area (Å²) in [6, 6.07) is 0. The maximum absolute atomic E-state index is 12.8. The molecule has 0 heterocycles. The molecule has 0 radical (unpaired) electrons. The van der Waals surface area contributed by atoms with Crippen molar-refractivity contribution in [1.82, 2.24) is 0 Å². The van der Waals surface area contributed by atoms with E-state index in [-0.39, 0.29) is 11.5 Å². The van der Waals surface area contributed by atoms with Crippen LogP contribution in [0.3, 0.4) is 0 Å². The topological polar surface area (TPSA) is 43.4 Å². The van der Waals surface area contributed by atoms with Gasteiger partial charge in [0.25, 0.3) is 0 Å². The van der Waals surface area contributed by atoms with Crippen LogP contribution in [0.2, 0.25) is 0 Å². The van der Waals surface area contributed by atoms with Gasteiger partial charge in [-0.3, -0.25) is 9.59 Å². The highest BCUT2D eigenvalue weighted by molar-refractivity contribution is 5.91. The van der Waals surface area contributed by atoms with Crippen molar-refractivity contribution in [3.63, 3.8) is 0 Å². The van der Waals surface area contributed by atoms with Gasteiger partial charge in [0.05, 0.1) is 0 Å². The normalized spacial score (nSPS) is 52.7. The second kappa shape index (κ2) is 5.15. The van der Waals surface area contributed by atoms with Gasteiger partial charge in [-0.25, -0.2) is 0 Å². The number of methoxy groups -OCH3 is 1. The predicted molar refractivity (Wildman–Crippen MR) is 87.9 cm³/mol. The molecule has 23 heavy (non-hydrogen) atoms. The van der Waals surface area contributed by atoms with Crippen LogP contribution in [0.25, 0.3) is 0 Å². The van der Waals surface area contributed by atoms with Crippen molar-refractivity contribution in [2.75, 3.05) is 7.11 Å². The monoisotopic (exact) mass is 318 g/mol. The summed E-state index contributed by atoms with van der Waals surface area (Å²) in [5.41, 5.74) is 0.169. The molecule has 4 fully saturated rings. The highest BCUT2D eigenvalue weighted by Gasteiger charge is 2.62. The van der Waals surface area contributed by atoms with E-state index in [1.54, 1.807) is 7.11 Å². The Kier molecular flexibility index (Phi) is 3.54. The lowest BCUT2D eigenvalue weighted by Crippen LogP contribution is -2.53. The highest BCUT2D eigenvalue weighted by Crippen LogP contribution is 2.65. The van der Waals surface area contributed by atoms with E-state index in [0.717, 1.165) is 32.1 Å². The Morgan fingerprint density at radius 3 is 2.57 bits per heavy atom. The first kappa shape index (κ1) is 15.8. The summed E-state index contributed by atoms with van der Waals surface area (Å²) in [6.45, 7) is 4.65. The molecule has 4 rings (SSSR count). The van der Waals surface area contributed by atoms with Crippen LogP contribution in [0.1, 0.15) is 65.2 Å². The Morgan fingerprint density at radius 2 is 1.83 bits per heavy atom. The van der Waals surface area contributed by atoms with E-state index in [4.69, 9.17) is 4.74 Å². The van der Waals surface area contributed by atoms with Crippen LogP contribution in [0.4, 0.5) is 0 Å². The molecule has 0 bridgehead atoms. The van der Waals surface area contributed by atoms with Crippen LogP contribution in [0.5, 0.6) is 0 Å². The highest BCUT2D eigenvalue weighted by atomic mass is 16.5. The number of hydrogen-bond acceptors (Lipinski definition) is 3. The Morgan fingerprint density at radius 1 is 1.04 bits per heavy atom. The van der Waals surface area contributed by atoms with Gasteiger partial charge in [-0.2, -0.15) is 0 Å². The maximum atomic E-state index is 12.8. The third-order valence-corrected chi connectivity index (χ3v) is 8.48. The number of Topliss-reactive ketones (excluding diaryl/α,β-unsaturated/α-hetero) is 2. The molecule has 7 atom stereocenters. The lowest BCUT2D eigenvalue weighted by Gasteiger charge is -2.59. The number of carbonyl (C=O) groups is 2. The van der Waals surface area contributed by atoms with Crippen molar-refractivity contribution >= 4 is 11.6 Å². The van der Waals surface area contributed by atoms with E-state index >= 15 is 0 Å². The SMILES string of the molecule is CO[C@H]1C[C@H]2[C@@H]3CC[C@H]4CC(=O)CC[C@]4(C)[C@H]3CC[C@]2(C)C1=O. The zero-order chi connectivity index (χ0) is 16.4. The molecule has 4 aliphatic rings. The third-order valence-electron chi connectivity index (χ3n) is 8.48. The zero-order valence-corrected chi connectivity index (χ0v) is 14.8. The Bertz CT molecular complexity index is 541. The van der Waals surface area contributed by atoms with E-state index in [2.05, 4.69) is 13.8 Å². The number of fused-ring (bicyclic) bond motifs is 5. The summed E-state index contributed by atoms with van der Waals surface area (Å²) in [7, 11) is 1.69. The van der Waals surface area contributed by atoms with Gasteiger partial charge >= 0.3 is 0 Å². The van der Waals surface area contributed by atoms with E-state index < -0.39 is 0 Å². The lowest BCUT2D eigenvalue weighted by molar-refractivity contribution is -0.145. The first-order chi connectivity index (χ1) is 10.9. The van der Waals surface area contributed by atoms with Gasteiger partial charge < -0.3 is 4.74 Å². The van der Waals surface area contributed by atoms with Gasteiger partial charge in [0.1, 0.15) is 11.9 Å². The number of rotatable bonds is 1. The summed E-state index contributed by atoms with van der Waals surface area (Å²) in [4.78, 5) is 24.7. The minimum Gasteiger partial charge on any atom is -0.374 e. The molecule has 0 aliphatic heterocycles. The van der Waals surface area contributed by atoms with Crippen molar-refractivity contribution in [2.45, 2.75) is 71.3 Å². The van der Waals surface area contributed by atoms with Crippen molar-refractivity contribution in [3.8, 4) is 0 Å². The Labute approximate surface area is 139 Å². The van der Waals surface area contributed by atoms with E-state index in [1.165, 1.54) is 19.3 Å². The fourth-order valence-electron chi connectivity index (χ4n) is 7.01. The minimum absolute atomic E-state index is 0.157. The van der Waals surface area contributed by atoms with E-state index in [0.29, 0.717) is 40.7 Å². The molecular formula is C20H30O3. The van der Waals surface area contributed by atoms with E-state index in [9.17, 15) is 9.59 Å². The molecule has 4 aliphatic carbocycles. The molecule has 0 saturated heterocycles. The Balaban J connectivity index is 1.64. The lowest BCUT2D eigenvalue weighted by atomic mass is 9.45. The molecule has 0 spiro atoms. The van der Waals surface area contributed by atoms with Crippen LogP contribution < -0.4 is 0 Å². The quantitative estimate of drug-likeness (QED) is 0.739. The molecule has 3 heteroatoms. The second-order valence-corrected chi connectivity index (χ2v) is 9.18. The first-order valence-electron chi connectivity index (χ1n) is 9.49. The first-order valence-corrected chi connectivity index (χ1v) is 9.49. The summed E-state index contributed by atoms with van der Waals surface area (Å²) in [5.74, 6) is 3.28. The largest absolute Gasteiger partial charge is 0.374 e. The smallest absolute Gasteiger partial charge is 0.167 e. The van der Waals surface area contributed by atoms with Gasteiger partial charge in [0.2, 0.25) is 0 Å². The van der Waals surface area contributed by atoms with Crippen LogP contribution >= 0.6 is 0 Å². The maximum Gasteiger partial charge on any atom is 0.167 e. The molecule has 0 N–H and O–H groups in total. The summed E-state index contributed by atoms with van der Waals surface area (Å²) < 4.78 is 5.51. The van der Waals surface area contributed by atoms with Crippen LogP contribution in [-0.2, 0) is 14.3 Å². The molecule has 0 unspecified atom stereocenters. The molecule has 4 saturated carbocycles. The molecule has 128 valence electrons. The summed E-state index contributed by atoms with van der Waals surface area (Å²) >= 11 is 0. The van der Waals surface area contributed by atoms with Gasteiger partial charge in [0, 0.05) is 25.4 Å². The zero-order valence-electron chi connectivity index (χ0n) is 14.8. The van der Waals surface area contributed by atoms with Gasteiger partial charge in [0.15, 0.2) is 5.78 Å². The number of ketones is 2. The van der Waals surface area contributed by atoms with Gasteiger partial charge in [-0.1, -0.05) is 13.8 Å². The third kappa shape index (κ3) is 2.04. The summed E-state index contributed by atoms with van der Waals surface area (Å²) in [5, 5.41) is 0. The number of carbonyl (C=O) groups excluding carboxylic acids is 2. The standard InChI is InChI=1S/C20H30O3/c1-19-8-6-13(21)10-12(19)4-5-14-15(19)7-9-20(2)16(14)11-17(23-3)18(20)22/h12,14-17H,4-11H2,1-3H3/t12-,14+,15-,16-,17-,19-,20-/m0/s1. The second-order valence-electron chi connectivity index (χ2n) is 9.18. The van der Waals surface area contributed by atoms with Crippen LogP contribution in [0.15, 0.2) is 0 Å². The van der Waals surface area contributed by atoms with Crippen molar-refractivity contribution in [1.29, 1.82) is 0 Å². The fraction of sp³-hybridized carbons (Fsp3) is 0.900. The number of ether oxygens (including phenoxy) is 1. The number of hydrogen-bond donors (Lipinski definition) is 0. The molecule has 0 aromatic heterocycles. The predicted octanol–water partition coefficient (Wildman–Crippen LogP) is 3.79. The molecule has 0 aromatic carbocycles. The van der Waals surface area contributed by atoms with E-state index in [1.807, 2.05) is 0 Å². The molecule has 0 amide bonds. The average Bonchev–Trinajstić information content (AvgIpc) is 2.79. The van der Waals surface area contributed by atoms with Crippen molar-refractivity contribution in [2.24, 2.45) is 34.5 Å². The average molecular weight is 318 g/mol. The van der Waals surface area contributed by atoms with Gasteiger partial charge in [-0.05, 0) is 67.6 Å². The Hall–Kier alpha value is -0.700. The van der Waals surface area contributed by atoms with Crippen LogP contribution in [-0.4, -0.2) is 24.8 Å². The molecule has 0 aromatic rings. The molecular weight excluding hydrogens is 288 g/mol. The fourth-order valence-corrected chi connectivity index (χ4v) is 7.01. The van der Waals surface area contributed by atoms with Crippen molar-refractivity contribution < 1.29 is 14.3 Å². The summed E-state index contributed by atoms with van der Waals surface area (Å²) in [6.07, 6.45) is 7.98. The van der Waals surface area contributed by atoms with Gasteiger partial charge in [-0.15, -0.1) is 0 Å². The van der Waals surface area contributed by atoms with Crippen molar-refractivity contribution in [3.05, 3.63) is 0 Å².